The highest BCUT2D eigenvalue weighted by Crippen LogP contribution is 2.21. The second kappa shape index (κ2) is 6.24. The minimum Gasteiger partial charge on any atom is -0.374 e. The molecule has 1 aromatic rings. The molecule has 0 saturated carbocycles. The van der Waals surface area contributed by atoms with Gasteiger partial charge >= 0.3 is 0 Å². The minimum atomic E-state index is 0.729. The smallest absolute Gasteiger partial charge is 0.0393 e. The first-order chi connectivity index (χ1) is 8.66. The molecule has 0 amide bonds. The summed E-state index contributed by atoms with van der Waals surface area (Å²) in [6.45, 7) is 6.71. The predicted octanol–water partition coefficient (Wildman–Crippen LogP) is 3.27. The van der Waals surface area contributed by atoms with Gasteiger partial charge in [0.15, 0.2) is 0 Å². The molecule has 1 aliphatic heterocycles. The number of hydrogen-bond acceptors (Lipinski definition) is 2. The molecule has 0 bridgehead atoms. The van der Waals surface area contributed by atoms with E-state index in [0.717, 1.165) is 12.6 Å². The van der Waals surface area contributed by atoms with Crippen LogP contribution in [0.1, 0.15) is 36.8 Å². The Bertz CT molecular complexity index is 381. The predicted molar refractivity (Wildman–Crippen MR) is 79.4 cm³/mol. The number of benzene rings is 1. The molecule has 2 heteroatoms. The van der Waals surface area contributed by atoms with E-state index in [1.165, 1.54) is 49.0 Å². The summed E-state index contributed by atoms with van der Waals surface area (Å²) >= 11 is 0. The summed E-state index contributed by atoms with van der Waals surface area (Å²) in [5.74, 6) is 0. The van der Waals surface area contributed by atoms with Crippen molar-refractivity contribution in [1.82, 2.24) is 5.32 Å². The van der Waals surface area contributed by atoms with Crippen LogP contribution < -0.4 is 10.2 Å². The van der Waals surface area contributed by atoms with Crippen molar-refractivity contribution in [1.29, 1.82) is 0 Å². The lowest BCUT2D eigenvalue weighted by Gasteiger charge is -2.27. The Morgan fingerprint density at radius 1 is 1.28 bits per heavy atom. The van der Waals surface area contributed by atoms with E-state index in [-0.39, 0.29) is 0 Å². The van der Waals surface area contributed by atoms with Gasteiger partial charge in [-0.2, -0.15) is 0 Å². The van der Waals surface area contributed by atoms with Crippen LogP contribution >= 0.6 is 0 Å². The number of aryl methyl sites for hydroxylation is 2. The molecule has 2 nitrogen and oxygen atoms in total. The van der Waals surface area contributed by atoms with Crippen LogP contribution in [0.15, 0.2) is 18.2 Å². The average Bonchev–Trinajstić information content (AvgIpc) is 2.37. The summed E-state index contributed by atoms with van der Waals surface area (Å²) in [5.41, 5.74) is 4.10. The number of hydrogen-bond donors (Lipinski definition) is 1. The third-order valence-corrected chi connectivity index (χ3v) is 3.99. The van der Waals surface area contributed by atoms with E-state index in [0.29, 0.717) is 0 Å². The van der Waals surface area contributed by atoms with Crippen molar-refractivity contribution in [3.05, 3.63) is 29.3 Å². The molecule has 0 spiro atoms. The lowest BCUT2D eigenvalue weighted by Crippen LogP contribution is -2.36. The third-order valence-electron chi connectivity index (χ3n) is 3.99. The molecular weight excluding hydrogens is 220 g/mol. The number of rotatable bonds is 4. The van der Waals surface area contributed by atoms with Gasteiger partial charge in [0, 0.05) is 25.3 Å². The lowest BCUT2D eigenvalue weighted by atomic mass is 10.0. The van der Waals surface area contributed by atoms with Gasteiger partial charge in [-0.3, -0.25) is 0 Å². The first kappa shape index (κ1) is 13.4. The second-order valence-corrected chi connectivity index (χ2v) is 5.65. The molecule has 0 aromatic heterocycles. The summed E-state index contributed by atoms with van der Waals surface area (Å²) in [4.78, 5) is 2.39. The highest BCUT2D eigenvalue weighted by atomic mass is 15.1. The van der Waals surface area contributed by atoms with Crippen molar-refractivity contribution in [3.8, 4) is 0 Å². The normalized spacial score (nSPS) is 19.8. The summed E-state index contributed by atoms with van der Waals surface area (Å²) < 4.78 is 0. The largest absolute Gasteiger partial charge is 0.374 e. The topological polar surface area (TPSA) is 15.3 Å². The number of anilines is 1. The molecule has 1 heterocycles. The molecule has 0 aliphatic carbocycles. The third kappa shape index (κ3) is 3.49. The number of piperidine rings is 1. The van der Waals surface area contributed by atoms with Crippen molar-refractivity contribution in [2.45, 2.75) is 45.6 Å². The molecule has 1 atom stereocenters. The molecule has 1 aliphatic rings. The first-order valence-corrected chi connectivity index (χ1v) is 7.18. The van der Waals surface area contributed by atoms with Crippen molar-refractivity contribution >= 4 is 5.69 Å². The van der Waals surface area contributed by atoms with Gasteiger partial charge in [0.05, 0.1) is 0 Å². The fourth-order valence-corrected chi connectivity index (χ4v) is 2.87. The first-order valence-electron chi connectivity index (χ1n) is 7.18. The van der Waals surface area contributed by atoms with E-state index >= 15 is 0 Å². The second-order valence-electron chi connectivity index (χ2n) is 5.65. The van der Waals surface area contributed by atoms with E-state index in [1.807, 2.05) is 0 Å². The SMILES string of the molecule is Cc1ccc(N(C)CCC2CCCCN2)c(C)c1. The molecule has 1 N–H and O–H groups in total. The summed E-state index contributed by atoms with van der Waals surface area (Å²) in [5, 5.41) is 3.62. The van der Waals surface area contributed by atoms with Crippen molar-refractivity contribution < 1.29 is 0 Å². The van der Waals surface area contributed by atoms with E-state index < -0.39 is 0 Å². The van der Waals surface area contributed by atoms with Gasteiger partial charge in [-0.05, 0) is 51.3 Å². The fourth-order valence-electron chi connectivity index (χ4n) is 2.87. The van der Waals surface area contributed by atoms with Crippen LogP contribution in [0.4, 0.5) is 5.69 Å². The molecule has 1 aromatic carbocycles. The van der Waals surface area contributed by atoms with Gasteiger partial charge in [-0.25, -0.2) is 0 Å². The molecule has 0 radical (unpaired) electrons. The van der Waals surface area contributed by atoms with Crippen LogP contribution in [0.3, 0.4) is 0 Å². The van der Waals surface area contributed by atoms with Crippen molar-refractivity contribution in [2.75, 3.05) is 25.0 Å². The fraction of sp³-hybridized carbons (Fsp3) is 0.625. The lowest BCUT2D eigenvalue weighted by molar-refractivity contribution is 0.384. The highest BCUT2D eigenvalue weighted by molar-refractivity contribution is 5.53. The van der Waals surface area contributed by atoms with Crippen molar-refractivity contribution in [2.24, 2.45) is 0 Å². The molecule has 18 heavy (non-hydrogen) atoms. The van der Waals surface area contributed by atoms with Crippen LogP contribution in [0.25, 0.3) is 0 Å². The van der Waals surface area contributed by atoms with E-state index in [1.54, 1.807) is 0 Å². The van der Waals surface area contributed by atoms with Crippen LogP contribution in [-0.4, -0.2) is 26.2 Å². The molecule has 2 rings (SSSR count). The molecule has 100 valence electrons. The number of nitrogens with one attached hydrogen (secondary N) is 1. The van der Waals surface area contributed by atoms with Gasteiger partial charge in [-0.15, -0.1) is 0 Å². The van der Waals surface area contributed by atoms with Gasteiger partial charge in [0.25, 0.3) is 0 Å². The summed E-state index contributed by atoms with van der Waals surface area (Å²) in [6.07, 6.45) is 5.35. The maximum Gasteiger partial charge on any atom is 0.0393 e. The average molecular weight is 246 g/mol. The minimum absolute atomic E-state index is 0.729. The maximum absolute atomic E-state index is 3.62. The Morgan fingerprint density at radius 2 is 2.11 bits per heavy atom. The van der Waals surface area contributed by atoms with Crippen LogP contribution in [-0.2, 0) is 0 Å². The van der Waals surface area contributed by atoms with E-state index in [2.05, 4.69) is 49.3 Å². The van der Waals surface area contributed by atoms with Crippen LogP contribution in [0, 0.1) is 13.8 Å². The summed E-state index contributed by atoms with van der Waals surface area (Å²) in [6, 6.07) is 7.45. The Morgan fingerprint density at radius 3 is 2.78 bits per heavy atom. The Balaban J connectivity index is 1.88. The molecule has 1 fully saturated rings. The van der Waals surface area contributed by atoms with Gasteiger partial charge in [0.1, 0.15) is 0 Å². The number of nitrogens with zero attached hydrogens (tertiary/aromatic N) is 1. The Labute approximate surface area is 111 Å². The van der Waals surface area contributed by atoms with Gasteiger partial charge in [-0.1, -0.05) is 24.1 Å². The summed E-state index contributed by atoms with van der Waals surface area (Å²) in [7, 11) is 2.21. The van der Waals surface area contributed by atoms with Crippen LogP contribution in [0.2, 0.25) is 0 Å². The van der Waals surface area contributed by atoms with E-state index in [4.69, 9.17) is 0 Å². The maximum atomic E-state index is 3.62. The zero-order chi connectivity index (χ0) is 13.0. The zero-order valence-corrected chi connectivity index (χ0v) is 12.0. The van der Waals surface area contributed by atoms with Crippen molar-refractivity contribution in [3.63, 3.8) is 0 Å². The van der Waals surface area contributed by atoms with Crippen LogP contribution in [0.5, 0.6) is 0 Å². The Kier molecular flexibility index (Phi) is 4.65. The molecule has 1 saturated heterocycles. The van der Waals surface area contributed by atoms with Gasteiger partial charge in [0.2, 0.25) is 0 Å². The molecular formula is C16H26N2. The quantitative estimate of drug-likeness (QED) is 0.877. The highest BCUT2D eigenvalue weighted by Gasteiger charge is 2.13. The monoisotopic (exact) mass is 246 g/mol. The Hall–Kier alpha value is -1.02. The standard InChI is InChI=1S/C16H26N2/c1-13-7-8-16(14(2)12-13)18(3)11-9-15-6-4-5-10-17-15/h7-8,12,15,17H,4-6,9-11H2,1-3H3. The van der Waals surface area contributed by atoms with E-state index in [9.17, 15) is 0 Å². The molecule has 1 unspecified atom stereocenters. The van der Waals surface area contributed by atoms with Gasteiger partial charge < -0.3 is 10.2 Å². The zero-order valence-electron chi connectivity index (χ0n) is 12.0.